The summed E-state index contributed by atoms with van der Waals surface area (Å²) in [6, 6.07) is 16.7. The van der Waals surface area contributed by atoms with Gasteiger partial charge in [0.25, 0.3) is 0 Å². The fourth-order valence-corrected chi connectivity index (χ4v) is 3.49. The molecular weight excluding hydrogens is 388 g/mol. The van der Waals surface area contributed by atoms with E-state index in [1.165, 1.54) is 0 Å². The molecule has 29 heavy (non-hydrogen) atoms. The topological polar surface area (TPSA) is 80.6 Å². The number of hydrogen-bond acceptors (Lipinski definition) is 4. The molecule has 1 atom stereocenters. The number of ether oxygens (including phenoxy) is 1. The average Bonchev–Trinajstić information content (AvgIpc) is 3.12. The van der Waals surface area contributed by atoms with Crippen LogP contribution in [0.15, 0.2) is 60.8 Å². The van der Waals surface area contributed by atoms with Crippen molar-refractivity contribution in [2.45, 2.75) is 25.6 Å². The van der Waals surface area contributed by atoms with Gasteiger partial charge in [0.2, 0.25) is 5.91 Å². The van der Waals surface area contributed by atoms with Crippen molar-refractivity contribution in [3.63, 3.8) is 0 Å². The number of benzene rings is 2. The highest BCUT2D eigenvalue weighted by Gasteiger charge is 2.19. The molecule has 2 aromatic carbocycles. The summed E-state index contributed by atoms with van der Waals surface area (Å²) in [6.45, 7) is 0.512. The predicted octanol–water partition coefficient (Wildman–Crippen LogP) is 3.54. The van der Waals surface area contributed by atoms with Gasteiger partial charge in [0, 0.05) is 12.3 Å². The number of aromatic nitrogens is 1. The number of carboxylic acid groups (broad SMARTS) is 1. The number of carboxylic acids is 1. The minimum atomic E-state index is -1.01. The summed E-state index contributed by atoms with van der Waals surface area (Å²) in [5, 5.41) is 12.9. The van der Waals surface area contributed by atoms with Gasteiger partial charge in [-0.05, 0) is 47.6 Å². The van der Waals surface area contributed by atoms with Crippen molar-refractivity contribution in [2.24, 2.45) is 0 Å². The number of rotatable bonds is 10. The Morgan fingerprint density at radius 1 is 1.17 bits per heavy atom. The van der Waals surface area contributed by atoms with Gasteiger partial charge in [0.05, 0.1) is 5.52 Å². The Balaban J connectivity index is 1.67. The molecule has 1 unspecified atom stereocenters. The Morgan fingerprint density at radius 3 is 2.69 bits per heavy atom. The molecule has 0 aliphatic heterocycles. The minimum Gasteiger partial charge on any atom is -0.489 e. The van der Waals surface area contributed by atoms with Gasteiger partial charge < -0.3 is 19.7 Å². The van der Waals surface area contributed by atoms with Crippen LogP contribution in [0.1, 0.15) is 12.0 Å². The van der Waals surface area contributed by atoms with E-state index in [0.717, 1.165) is 16.5 Å². The van der Waals surface area contributed by atoms with Crippen molar-refractivity contribution in [3.8, 4) is 5.75 Å². The molecule has 152 valence electrons. The Bertz CT molecular complexity index is 971. The van der Waals surface area contributed by atoms with E-state index in [1.54, 1.807) is 16.3 Å². The van der Waals surface area contributed by atoms with E-state index in [9.17, 15) is 14.7 Å². The van der Waals surface area contributed by atoms with Gasteiger partial charge >= 0.3 is 5.97 Å². The SMILES string of the molecule is CSCCC(NC(=O)Cn1ccc2ccc(OCc3ccccc3)cc21)C(=O)O. The lowest BCUT2D eigenvalue weighted by atomic mass is 10.2. The molecule has 0 saturated carbocycles. The third kappa shape index (κ3) is 5.77. The summed E-state index contributed by atoms with van der Waals surface area (Å²) in [6.07, 6.45) is 4.12. The lowest BCUT2D eigenvalue weighted by molar-refractivity contribution is -0.141. The van der Waals surface area contributed by atoms with Crippen LogP contribution in [0.4, 0.5) is 0 Å². The van der Waals surface area contributed by atoms with Crippen molar-refractivity contribution in [2.75, 3.05) is 12.0 Å². The number of nitrogens with zero attached hydrogens (tertiary/aromatic N) is 1. The molecule has 0 aliphatic carbocycles. The van der Waals surface area contributed by atoms with Gasteiger partial charge in [-0.3, -0.25) is 4.79 Å². The summed E-state index contributed by atoms with van der Waals surface area (Å²) in [5.74, 6) is 0.0456. The van der Waals surface area contributed by atoms with Crippen molar-refractivity contribution < 1.29 is 19.4 Å². The van der Waals surface area contributed by atoms with Gasteiger partial charge in [-0.15, -0.1) is 0 Å². The van der Waals surface area contributed by atoms with Crippen LogP contribution in [-0.2, 0) is 22.7 Å². The Kier molecular flexibility index (Phi) is 7.19. The van der Waals surface area contributed by atoms with Crippen LogP contribution < -0.4 is 10.1 Å². The molecule has 1 aromatic heterocycles. The van der Waals surface area contributed by atoms with Crippen molar-refractivity contribution in [1.29, 1.82) is 0 Å². The zero-order valence-electron chi connectivity index (χ0n) is 16.2. The van der Waals surface area contributed by atoms with Crippen LogP contribution >= 0.6 is 11.8 Å². The first-order valence-corrected chi connectivity index (χ1v) is 10.7. The molecule has 0 saturated heterocycles. The van der Waals surface area contributed by atoms with Gasteiger partial charge in [-0.2, -0.15) is 11.8 Å². The number of hydrogen-bond donors (Lipinski definition) is 2. The van der Waals surface area contributed by atoms with Gasteiger partial charge in [-0.1, -0.05) is 30.3 Å². The summed E-state index contributed by atoms with van der Waals surface area (Å²) in [5.41, 5.74) is 1.94. The normalized spacial score (nSPS) is 11.9. The highest BCUT2D eigenvalue weighted by atomic mass is 32.2. The van der Waals surface area contributed by atoms with E-state index in [4.69, 9.17) is 4.74 Å². The van der Waals surface area contributed by atoms with Crippen LogP contribution in [0.5, 0.6) is 5.75 Å². The summed E-state index contributed by atoms with van der Waals surface area (Å²) < 4.78 is 7.68. The first-order valence-electron chi connectivity index (χ1n) is 9.33. The molecule has 0 fully saturated rings. The van der Waals surface area contributed by atoms with Crippen molar-refractivity contribution in [1.82, 2.24) is 9.88 Å². The average molecular weight is 413 g/mol. The van der Waals surface area contributed by atoms with Crippen LogP contribution in [0.3, 0.4) is 0 Å². The van der Waals surface area contributed by atoms with E-state index in [1.807, 2.05) is 67.0 Å². The van der Waals surface area contributed by atoms with Crippen LogP contribution in [0.2, 0.25) is 0 Å². The Labute approximate surface area is 173 Å². The number of carbonyl (C=O) groups excluding carboxylic acids is 1. The van der Waals surface area contributed by atoms with E-state index in [0.29, 0.717) is 24.5 Å². The molecular formula is C22H24N2O4S. The standard InChI is InChI=1S/C22H24N2O4S/c1-29-12-10-19(22(26)27)23-21(25)14-24-11-9-17-7-8-18(13-20(17)24)28-15-16-5-3-2-4-6-16/h2-9,11,13,19H,10,12,14-15H2,1H3,(H,23,25)(H,26,27). The van der Waals surface area contributed by atoms with Gasteiger partial charge in [-0.25, -0.2) is 4.79 Å². The molecule has 0 radical (unpaired) electrons. The predicted molar refractivity (Wildman–Crippen MR) is 115 cm³/mol. The molecule has 0 bridgehead atoms. The first-order chi connectivity index (χ1) is 14.1. The third-order valence-electron chi connectivity index (χ3n) is 4.55. The first kappa shape index (κ1) is 20.8. The molecule has 3 rings (SSSR count). The van der Waals surface area contributed by atoms with Gasteiger partial charge in [0.1, 0.15) is 24.9 Å². The smallest absolute Gasteiger partial charge is 0.326 e. The van der Waals surface area contributed by atoms with Crippen LogP contribution in [0.25, 0.3) is 10.9 Å². The third-order valence-corrected chi connectivity index (χ3v) is 5.20. The van der Waals surface area contributed by atoms with Crippen LogP contribution in [0, 0.1) is 0 Å². The van der Waals surface area contributed by atoms with E-state index in [2.05, 4.69) is 5.32 Å². The number of nitrogens with one attached hydrogen (secondary N) is 1. The second-order valence-corrected chi connectivity index (χ2v) is 7.66. The number of thioether (sulfide) groups is 1. The molecule has 1 amide bonds. The molecule has 0 aliphatic rings. The van der Waals surface area contributed by atoms with Crippen LogP contribution in [-0.4, -0.2) is 39.6 Å². The fraction of sp³-hybridized carbons (Fsp3) is 0.273. The molecule has 3 aromatic rings. The largest absolute Gasteiger partial charge is 0.489 e. The molecule has 0 spiro atoms. The quantitative estimate of drug-likeness (QED) is 0.532. The maximum absolute atomic E-state index is 12.4. The highest BCUT2D eigenvalue weighted by Crippen LogP contribution is 2.23. The minimum absolute atomic E-state index is 0.0503. The summed E-state index contributed by atoms with van der Waals surface area (Å²) >= 11 is 1.55. The van der Waals surface area contributed by atoms with E-state index >= 15 is 0 Å². The van der Waals surface area contributed by atoms with E-state index in [-0.39, 0.29) is 12.5 Å². The monoisotopic (exact) mass is 412 g/mol. The Hall–Kier alpha value is -2.93. The second kappa shape index (κ2) is 10.0. The zero-order chi connectivity index (χ0) is 20.6. The number of amides is 1. The molecule has 7 heteroatoms. The summed E-state index contributed by atoms with van der Waals surface area (Å²) in [4.78, 5) is 23.7. The molecule has 1 heterocycles. The molecule has 6 nitrogen and oxygen atoms in total. The lowest BCUT2D eigenvalue weighted by Crippen LogP contribution is -2.42. The second-order valence-electron chi connectivity index (χ2n) is 6.68. The number of fused-ring (bicyclic) bond motifs is 1. The Morgan fingerprint density at radius 2 is 1.97 bits per heavy atom. The maximum atomic E-state index is 12.4. The van der Waals surface area contributed by atoms with Crippen molar-refractivity contribution >= 4 is 34.5 Å². The zero-order valence-corrected chi connectivity index (χ0v) is 17.0. The summed E-state index contributed by atoms with van der Waals surface area (Å²) in [7, 11) is 0. The van der Waals surface area contributed by atoms with Gasteiger partial charge in [0.15, 0.2) is 0 Å². The number of carbonyl (C=O) groups is 2. The lowest BCUT2D eigenvalue weighted by Gasteiger charge is -2.15. The maximum Gasteiger partial charge on any atom is 0.326 e. The number of aliphatic carboxylic acids is 1. The van der Waals surface area contributed by atoms with Crippen molar-refractivity contribution in [3.05, 3.63) is 66.4 Å². The highest BCUT2D eigenvalue weighted by molar-refractivity contribution is 7.98. The van der Waals surface area contributed by atoms with E-state index < -0.39 is 12.0 Å². The fourth-order valence-electron chi connectivity index (χ4n) is 3.02. The molecule has 2 N–H and O–H groups in total.